The van der Waals surface area contributed by atoms with E-state index < -0.39 is 11.7 Å². The largest absolute Gasteiger partial charge is 0.343 e. The number of benzene rings is 1. The van der Waals surface area contributed by atoms with Gasteiger partial charge in [0.1, 0.15) is 10.8 Å². The highest BCUT2D eigenvalue weighted by Crippen LogP contribution is 2.21. The molecule has 2 aromatic rings. The second-order valence-electron chi connectivity index (χ2n) is 3.66. The number of nitrogens with zero attached hydrogens (tertiary/aromatic N) is 1. The van der Waals surface area contributed by atoms with Crippen LogP contribution >= 0.6 is 27.3 Å². The summed E-state index contributed by atoms with van der Waals surface area (Å²) in [5, 5.41) is 5.34. The molecule has 0 aliphatic carbocycles. The summed E-state index contributed by atoms with van der Waals surface area (Å²) in [6.07, 6.45) is 1.67. The molecule has 0 radical (unpaired) electrons. The molecule has 2 rings (SSSR count). The zero-order chi connectivity index (χ0) is 13.1. The number of thiazole rings is 1. The molecule has 0 bridgehead atoms. The van der Waals surface area contributed by atoms with E-state index in [9.17, 15) is 9.18 Å². The normalized spacial score (nSPS) is 12.2. The van der Waals surface area contributed by atoms with E-state index in [-0.39, 0.29) is 11.6 Å². The van der Waals surface area contributed by atoms with Crippen LogP contribution in [0.1, 0.15) is 28.3 Å². The summed E-state index contributed by atoms with van der Waals surface area (Å²) in [6, 6.07) is 4.18. The number of nitrogens with one attached hydrogen (secondary N) is 1. The predicted octanol–water partition coefficient (Wildman–Crippen LogP) is 3.54. The van der Waals surface area contributed by atoms with Gasteiger partial charge in [-0.05, 0) is 35.0 Å². The molecule has 1 amide bonds. The van der Waals surface area contributed by atoms with Crippen molar-refractivity contribution < 1.29 is 9.18 Å². The Hall–Kier alpha value is -1.27. The molecule has 0 saturated heterocycles. The van der Waals surface area contributed by atoms with Crippen LogP contribution in [-0.2, 0) is 0 Å². The molecule has 1 atom stereocenters. The van der Waals surface area contributed by atoms with Gasteiger partial charge in [-0.3, -0.25) is 4.79 Å². The van der Waals surface area contributed by atoms with Crippen molar-refractivity contribution in [3.05, 3.63) is 50.6 Å². The molecule has 1 heterocycles. The second-order valence-corrected chi connectivity index (χ2v) is 5.44. The van der Waals surface area contributed by atoms with Crippen LogP contribution < -0.4 is 5.32 Å². The molecule has 1 aromatic heterocycles. The number of rotatable bonds is 3. The SMILES string of the molecule is C[C@H](NC(=O)c1c(F)cccc1Br)c1nccs1. The van der Waals surface area contributed by atoms with E-state index in [1.54, 1.807) is 18.3 Å². The van der Waals surface area contributed by atoms with Crippen molar-refractivity contribution in [1.29, 1.82) is 0 Å². The molecule has 0 spiro atoms. The van der Waals surface area contributed by atoms with Crippen molar-refractivity contribution in [3.63, 3.8) is 0 Å². The number of hydrogen-bond acceptors (Lipinski definition) is 3. The van der Waals surface area contributed by atoms with Gasteiger partial charge in [-0.2, -0.15) is 0 Å². The first-order valence-electron chi connectivity index (χ1n) is 5.24. The zero-order valence-electron chi connectivity index (χ0n) is 9.48. The molecular formula is C12H10BrFN2OS. The minimum absolute atomic E-state index is 0.0147. The van der Waals surface area contributed by atoms with E-state index in [4.69, 9.17) is 0 Å². The predicted molar refractivity (Wildman–Crippen MR) is 72.1 cm³/mol. The summed E-state index contributed by atoms with van der Waals surface area (Å²) in [5.41, 5.74) is 0.0147. The van der Waals surface area contributed by atoms with Crippen LogP contribution in [0.2, 0.25) is 0 Å². The molecule has 1 N–H and O–H groups in total. The van der Waals surface area contributed by atoms with Gasteiger partial charge >= 0.3 is 0 Å². The molecule has 94 valence electrons. The maximum atomic E-state index is 13.6. The topological polar surface area (TPSA) is 42.0 Å². The van der Waals surface area contributed by atoms with Crippen LogP contribution in [0.25, 0.3) is 0 Å². The lowest BCUT2D eigenvalue weighted by Crippen LogP contribution is -2.27. The Morgan fingerprint density at radius 2 is 2.33 bits per heavy atom. The fourth-order valence-corrected chi connectivity index (χ4v) is 2.66. The van der Waals surface area contributed by atoms with Crippen molar-refractivity contribution in [2.75, 3.05) is 0 Å². The average molecular weight is 329 g/mol. The summed E-state index contributed by atoms with van der Waals surface area (Å²) in [5.74, 6) is -1.00. The van der Waals surface area contributed by atoms with E-state index in [0.717, 1.165) is 5.01 Å². The van der Waals surface area contributed by atoms with Crippen molar-refractivity contribution in [3.8, 4) is 0 Å². The molecule has 1 aromatic carbocycles. The Bertz CT molecular complexity index is 539. The van der Waals surface area contributed by atoms with E-state index in [1.807, 2.05) is 12.3 Å². The Morgan fingerprint density at radius 1 is 1.56 bits per heavy atom. The van der Waals surface area contributed by atoms with Crippen molar-refractivity contribution in [1.82, 2.24) is 10.3 Å². The lowest BCUT2D eigenvalue weighted by molar-refractivity contribution is 0.0935. The van der Waals surface area contributed by atoms with Gasteiger partial charge in [0.25, 0.3) is 5.91 Å². The van der Waals surface area contributed by atoms with Gasteiger partial charge in [0.05, 0.1) is 11.6 Å². The maximum absolute atomic E-state index is 13.6. The second kappa shape index (κ2) is 5.58. The summed E-state index contributed by atoms with van der Waals surface area (Å²) in [7, 11) is 0. The first-order chi connectivity index (χ1) is 8.59. The number of aromatic nitrogens is 1. The minimum Gasteiger partial charge on any atom is -0.343 e. The standard InChI is InChI=1S/C12H10BrFN2OS/c1-7(12-15-5-6-18-12)16-11(17)10-8(13)3-2-4-9(10)14/h2-7H,1H3,(H,16,17)/t7-/m0/s1. The third kappa shape index (κ3) is 2.76. The van der Waals surface area contributed by atoms with E-state index in [2.05, 4.69) is 26.2 Å². The molecule has 18 heavy (non-hydrogen) atoms. The monoisotopic (exact) mass is 328 g/mol. The smallest absolute Gasteiger partial charge is 0.255 e. The molecule has 6 heteroatoms. The van der Waals surface area contributed by atoms with E-state index >= 15 is 0 Å². The Balaban J connectivity index is 2.18. The lowest BCUT2D eigenvalue weighted by Gasteiger charge is -2.12. The summed E-state index contributed by atoms with van der Waals surface area (Å²) in [6.45, 7) is 1.81. The summed E-state index contributed by atoms with van der Waals surface area (Å²) < 4.78 is 14.0. The van der Waals surface area contributed by atoms with Gasteiger partial charge in [0, 0.05) is 16.0 Å². The van der Waals surface area contributed by atoms with Crippen LogP contribution in [0.3, 0.4) is 0 Å². The van der Waals surface area contributed by atoms with Gasteiger partial charge in [-0.25, -0.2) is 9.37 Å². The number of carbonyl (C=O) groups is 1. The van der Waals surface area contributed by atoms with E-state index in [1.165, 1.54) is 17.4 Å². The first-order valence-corrected chi connectivity index (χ1v) is 6.91. The minimum atomic E-state index is -0.548. The highest BCUT2D eigenvalue weighted by atomic mass is 79.9. The molecule has 0 saturated carbocycles. The van der Waals surface area contributed by atoms with Crippen LogP contribution in [-0.4, -0.2) is 10.9 Å². The third-order valence-corrected chi connectivity index (χ3v) is 3.98. The van der Waals surface area contributed by atoms with Crippen molar-refractivity contribution in [2.45, 2.75) is 13.0 Å². The number of amides is 1. The maximum Gasteiger partial charge on any atom is 0.255 e. The van der Waals surface area contributed by atoms with Gasteiger partial charge < -0.3 is 5.32 Å². The highest BCUT2D eigenvalue weighted by molar-refractivity contribution is 9.10. The summed E-state index contributed by atoms with van der Waals surface area (Å²) >= 11 is 4.62. The fraction of sp³-hybridized carbons (Fsp3) is 0.167. The van der Waals surface area contributed by atoms with Gasteiger partial charge in [-0.15, -0.1) is 11.3 Å². The Morgan fingerprint density at radius 3 is 2.94 bits per heavy atom. The van der Waals surface area contributed by atoms with Crippen LogP contribution in [0.4, 0.5) is 4.39 Å². The van der Waals surface area contributed by atoms with Gasteiger partial charge in [-0.1, -0.05) is 6.07 Å². The van der Waals surface area contributed by atoms with Crippen LogP contribution in [0, 0.1) is 5.82 Å². The molecule has 0 fully saturated rings. The Kier molecular flexibility index (Phi) is 4.08. The molecule has 3 nitrogen and oxygen atoms in total. The molecule has 0 aliphatic heterocycles. The van der Waals surface area contributed by atoms with Crippen molar-refractivity contribution >= 4 is 33.2 Å². The third-order valence-electron chi connectivity index (χ3n) is 2.36. The van der Waals surface area contributed by atoms with Crippen molar-refractivity contribution in [2.24, 2.45) is 0 Å². The first kappa shape index (κ1) is 13.2. The number of hydrogen-bond donors (Lipinski definition) is 1. The van der Waals surface area contributed by atoms with E-state index in [0.29, 0.717) is 4.47 Å². The Labute approximate surface area is 116 Å². The molecule has 0 aliphatic rings. The number of carbonyl (C=O) groups excluding carboxylic acids is 1. The lowest BCUT2D eigenvalue weighted by atomic mass is 10.2. The van der Waals surface area contributed by atoms with Gasteiger partial charge in [0.2, 0.25) is 0 Å². The molecular weight excluding hydrogens is 319 g/mol. The van der Waals surface area contributed by atoms with Gasteiger partial charge in [0.15, 0.2) is 0 Å². The molecule has 0 unspecified atom stereocenters. The quantitative estimate of drug-likeness (QED) is 0.936. The van der Waals surface area contributed by atoms with Crippen LogP contribution in [0.5, 0.6) is 0 Å². The van der Waals surface area contributed by atoms with Crippen LogP contribution in [0.15, 0.2) is 34.2 Å². The summed E-state index contributed by atoms with van der Waals surface area (Å²) in [4.78, 5) is 16.1. The zero-order valence-corrected chi connectivity index (χ0v) is 11.9. The average Bonchev–Trinajstić information content (AvgIpc) is 2.81. The number of halogens is 2. The highest BCUT2D eigenvalue weighted by Gasteiger charge is 2.18. The fourth-order valence-electron chi connectivity index (χ4n) is 1.49.